The number of rotatable bonds is 2. The average Bonchev–Trinajstić information content (AvgIpc) is 2.53. The molecule has 6 heteroatoms. The van der Waals surface area contributed by atoms with E-state index in [9.17, 15) is 4.79 Å². The molecule has 0 saturated carbocycles. The molecule has 1 saturated heterocycles. The molecule has 1 aliphatic heterocycles. The highest BCUT2D eigenvalue weighted by Crippen LogP contribution is 2.21. The van der Waals surface area contributed by atoms with Crippen molar-refractivity contribution < 1.29 is 9.53 Å². The minimum Gasteiger partial charge on any atom is -0.410 e. The largest absolute Gasteiger partial charge is 0.415 e. The molecule has 0 N–H and O–H groups in total. The summed E-state index contributed by atoms with van der Waals surface area (Å²) in [5.41, 5.74) is 0.578. The van der Waals surface area contributed by atoms with Gasteiger partial charge in [0.05, 0.1) is 5.69 Å². The third-order valence-electron chi connectivity index (χ3n) is 3.40. The molecule has 2 rings (SSSR count). The van der Waals surface area contributed by atoms with Crippen molar-refractivity contribution >= 4 is 17.6 Å². The highest BCUT2D eigenvalue weighted by atomic mass is 16.6. The van der Waals surface area contributed by atoms with Gasteiger partial charge < -0.3 is 14.5 Å². The van der Waals surface area contributed by atoms with Crippen LogP contribution in [0.1, 0.15) is 19.3 Å². The zero-order chi connectivity index (χ0) is 15.9. The lowest BCUT2D eigenvalue weighted by molar-refractivity contribution is 0.142. The van der Waals surface area contributed by atoms with E-state index < -0.39 is 0 Å². The number of amidine groups is 1. The quantitative estimate of drug-likeness (QED) is 0.622. The van der Waals surface area contributed by atoms with E-state index in [1.54, 1.807) is 48.2 Å². The Morgan fingerprint density at radius 3 is 2.68 bits per heavy atom. The summed E-state index contributed by atoms with van der Waals surface area (Å²) in [6.07, 6.45) is 2.88. The maximum atomic E-state index is 12.1. The monoisotopic (exact) mass is 300 g/mol. The van der Waals surface area contributed by atoms with Crippen LogP contribution in [0.15, 0.2) is 29.3 Å². The molecule has 116 valence electrons. The van der Waals surface area contributed by atoms with Gasteiger partial charge in [0, 0.05) is 33.3 Å². The summed E-state index contributed by atoms with van der Waals surface area (Å²) in [5.74, 6) is 0.729. The van der Waals surface area contributed by atoms with Crippen molar-refractivity contribution in [1.29, 1.82) is 5.26 Å². The lowest BCUT2D eigenvalue weighted by Gasteiger charge is -2.25. The molecule has 1 fully saturated rings. The number of nitrogens with zero attached hydrogens (tertiary/aromatic N) is 4. The van der Waals surface area contributed by atoms with Gasteiger partial charge in [-0.2, -0.15) is 5.26 Å². The smallest absolute Gasteiger partial charge is 0.410 e. The predicted molar refractivity (Wildman–Crippen MR) is 84.3 cm³/mol. The second-order valence-electron chi connectivity index (χ2n) is 5.35. The Morgan fingerprint density at radius 2 is 2.05 bits per heavy atom. The predicted octanol–water partition coefficient (Wildman–Crippen LogP) is 2.79. The first-order chi connectivity index (χ1) is 10.6. The topological polar surface area (TPSA) is 68.9 Å². The molecule has 22 heavy (non-hydrogen) atoms. The fourth-order valence-electron chi connectivity index (χ4n) is 2.21. The van der Waals surface area contributed by atoms with E-state index >= 15 is 0 Å². The van der Waals surface area contributed by atoms with E-state index in [1.807, 2.05) is 6.07 Å². The van der Waals surface area contributed by atoms with Gasteiger partial charge in [0.1, 0.15) is 11.8 Å². The van der Waals surface area contributed by atoms with Crippen LogP contribution >= 0.6 is 0 Å². The van der Waals surface area contributed by atoms with Crippen LogP contribution in [0.2, 0.25) is 0 Å². The van der Waals surface area contributed by atoms with Crippen molar-refractivity contribution in [2.45, 2.75) is 19.3 Å². The molecule has 0 atom stereocenters. The molecule has 1 heterocycles. The number of carbonyl (C=O) groups excluding carboxylic acids is 1. The number of benzene rings is 1. The fraction of sp³-hybridized carbons (Fsp3) is 0.438. The van der Waals surface area contributed by atoms with Crippen LogP contribution in [-0.2, 0) is 0 Å². The van der Waals surface area contributed by atoms with E-state index in [0.717, 1.165) is 32.4 Å². The number of nitriles is 1. The summed E-state index contributed by atoms with van der Waals surface area (Å²) in [6, 6.07) is 8.90. The Labute approximate surface area is 130 Å². The molecule has 1 aromatic rings. The first-order valence-corrected chi connectivity index (χ1v) is 7.33. The Hall–Kier alpha value is -2.55. The molecule has 0 spiro atoms. The molecule has 0 bridgehead atoms. The van der Waals surface area contributed by atoms with Gasteiger partial charge in [-0.15, -0.1) is 0 Å². The molecule has 1 aromatic carbocycles. The summed E-state index contributed by atoms with van der Waals surface area (Å²) < 4.78 is 5.39. The summed E-state index contributed by atoms with van der Waals surface area (Å²) in [6.45, 7) is 1.49. The Morgan fingerprint density at radius 1 is 1.32 bits per heavy atom. The number of hydrogen-bond donors (Lipinski definition) is 0. The van der Waals surface area contributed by atoms with Crippen LogP contribution in [0.5, 0.6) is 5.75 Å². The van der Waals surface area contributed by atoms with E-state index in [2.05, 4.69) is 4.99 Å². The molecule has 0 aromatic heterocycles. The molecule has 0 aliphatic carbocycles. The van der Waals surface area contributed by atoms with E-state index in [-0.39, 0.29) is 6.09 Å². The summed E-state index contributed by atoms with van der Waals surface area (Å²) in [5, 5.41) is 9.03. The van der Waals surface area contributed by atoms with Crippen LogP contribution in [0.3, 0.4) is 0 Å². The highest BCUT2D eigenvalue weighted by Gasteiger charge is 2.18. The summed E-state index contributed by atoms with van der Waals surface area (Å²) in [7, 11) is 3.50. The van der Waals surface area contributed by atoms with Crippen molar-refractivity contribution in [3.05, 3.63) is 24.3 Å². The minimum atomic E-state index is -0.325. The highest BCUT2D eigenvalue weighted by molar-refractivity contribution is 5.97. The van der Waals surface area contributed by atoms with E-state index in [1.165, 1.54) is 0 Å². The fourth-order valence-corrected chi connectivity index (χ4v) is 2.21. The summed E-state index contributed by atoms with van der Waals surface area (Å²) >= 11 is 0. The van der Waals surface area contributed by atoms with E-state index in [0.29, 0.717) is 17.3 Å². The number of ether oxygens (including phenoxy) is 1. The lowest BCUT2D eigenvalue weighted by Crippen LogP contribution is -2.37. The van der Waals surface area contributed by atoms with Gasteiger partial charge >= 0.3 is 6.09 Å². The molecular weight excluding hydrogens is 280 g/mol. The Bertz CT molecular complexity index is 598. The first-order valence-electron chi connectivity index (χ1n) is 7.33. The maximum absolute atomic E-state index is 12.1. The number of amides is 1. The third-order valence-corrected chi connectivity index (χ3v) is 3.40. The van der Waals surface area contributed by atoms with Gasteiger partial charge in [0.2, 0.25) is 5.84 Å². The normalized spacial score (nSPS) is 15.1. The van der Waals surface area contributed by atoms with Gasteiger partial charge in [-0.3, -0.25) is 0 Å². The van der Waals surface area contributed by atoms with Crippen molar-refractivity contribution in [3.8, 4) is 11.8 Å². The number of aliphatic imine (C=N–C) groups is 1. The average molecular weight is 300 g/mol. The van der Waals surface area contributed by atoms with Gasteiger partial charge in [-0.25, -0.2) is 9.79 Å². The molecule has 0 unspecified atom stereocenters. The Kier molecular flexibility index (Phi) is 5.37. The lowest BCUT2D eigenvalue weighted by atomic mass is 10.1. The zero-order valence-electron chi connectivity index (χ0n) is 13.0. The van der Waals surface area contributed by atoms with Crippen molar-refractivity contribution in [3.63, 3.8) is 0 Å². The number of piperidine rings is 1. The van der Waals surface area contributed by atoms with Gasteiger partial charge in [-0.1, -0.05) is 6.07 Å². The number of carbonyl (C=O) groups is 1. The van der Waals surface area contributed by atoms with Crippen molar-refractivity contribution in [1.82, 2.24) is 9.80 Å². The second kappa shape index (κ2) is 7.46. The van der Waals surface area contributed by atoms with Gasteiger partial charge in [0.25, 0.3) is 0 Å². The van der Waals surface area contributed by atoms with E-state index in [4.69, 9.17) is 10.00 Å². The van der Waals surface area contributed by atoms with Crippen LogP contribution in [0.25, 0.3) is 0 Å². The minimum absolute atomic E-state index is 0.291. The molecule has 6 nitrogen and oxygen atoms in total. The molecule has 1 amide bonds. The van der Waals surface area contributed by atoms with Gasteiger partial charge in [0.15, 0.2) is 0 Å². The molecule has 0 radical (unpaired) electrons. The van der Waals surface area contributed by atoms with Gasteiger partial charge in [-0.05, 0) is 31.4 Å². The Balaban J connectivity index is 2.08. The first kappa shape index (κ1) is 15.8. The van der Waals surface area contributed by atoms with Crippen LogP contribution in [-0.4, -0.2) is 48.9 Å². The molecular formula is C16H20N4O2. The standard InChI is InChI=1S/C16H20N4O2/c1-19(2)15(12-17)18-13-7-6-8-14(11-13)22-16(21)20-9-4-3-5-10-20/h6-8,11H,3-5,9-10H2,1-2H3. The third kappa shape index (κ3) is 4.22. The van der Waals surface area contributed by atoms with Crippen LogP contribution < -0.4 is 4.74 Å². The second-order valence-corrected chi connectivity index (χ2v) is 5.35. The SMILES string of the molecule is CN(C)C(C#N)=Nc1cccc(OC(=O)N2CCCCC2)c1. The summed E-state index contributed by atoms with van der Waals surface area (Å²) in [4.78, 5) is 19.7. The van der Waals surface area contributed by atoms with Crippen molar-refractivity contribution in [2.75, 3.05) is 27.2 Å². The maximum Gasteiger partial charge on any atom is 0.415 e. The number of hydrogen-bond acceptors (Lipinski definition) is 4. The van der Waals surface area contributed by atoms with Crippen LogP contribution in [0, 0.1) is 11.3 Å². The number of likely N-dealkylation sites (tertiary alicyclic amines) is 1. The molecule has 1 aliphatic rings. The zero-order valence-corrected chi connectivity index (χ0v) is 13.0. The van der Waals surface area contributed by atoms with Crippen LogP contribution in [0.4, 0.5) is 10.5 Å². The van der Waals surface area contributed by atoms with Crippen molar-refractivity contribution in [2.24, 2.45) is 4.99 Å².